The number of hydrogen-bond acceptors (Lipinski definition) is 2. The lowest BCUT2D eigenvalue weighted by molar-refractivity contribution is 0.309. The van der Waals surface area contributed by atoms with Gasteiger partial charge in [0.05, 0.1) is 0 Å². The van der Waals surface area contributed by atoms with Gasteiger partial charge in [-0.25, -0.2) is 7.50 Å². The maximum absolute atomic E-state index is 12.6. The highest BCUT2D eigenvalue weighted by molar-refractivity contribution is 14.1. The first kappa shape index (κ1) is 10.1. The van der Waals surface area contributed by atoms with Crippen LogP contribution in [0, 0.1) is 0 Å². The average molecular weight is 298 g/mol. The summed E-state index contributed by atoms with van der Waals surface area (Å²) in [6.07, 6.45) is 3.10. The molecule has 4 atom stereocenters. The predicted octanol–water partition coefficient (Wildman–Crippen LogP) is 1.89. The second-order valence-electron chi connectivity index (χ2n) is 4.17. The van der Waals surface area contributed by atoms with E-state index in [1.54, 1.807) is 6.92 Å². The van der Waals surface area contributed by atoms with Crippen molar-refractivity contribution in [3.63, 3.8) is 0 Å². The SMILES string of the molecule is CC(F)CNC1C[C@H]2CC[C@@H]1N2I. The molecule has 2 bridgehead atoms. The fourth-order valence-electron chi connectivity index (χ4n) is 2.46. The molecule has 4 heteroatoms. The molecule has 2 unspecified atom stereocenters. The summed E-state index contributed by atoms with van der Waals surface area (Å²) in [5.41, 5.74) is 0. The number of hydrogen-bond donors (Lipinski definition) is 1. The molecule has 0 aromatic carbocycles. The van der Waals surface area contributed by atoms with Gasteiger partial charge in [-0.15, -0.1) is 0 Å². The van der Waals surface area contributed by atoms with Gasteiger partial charge in [-0.05, 0) is 26.2 Å². The van der Waals surface area contributed by atoms with E-state index in [-0.39, 0.29) is 0 Å². The lowest BCUT2D eigenvalue weighted by Crippen LogP contribution is -2.41. The van der Waals surface area contributed by atoms with E-state index in [0.717, 1.165) is 6.04 Å². The summed E-state index contributed by atoms with van der Waals surface area (Å²) in [5, 5.41) is 3.32. The molecule has 1 N–H and O–H groups in total. The summed E-state index contributed by atoms with van der Waals surface area (Å²) in [4.78, 5) is 0. The van der Waals surface area contributed by atoms with Crippen molar-refractivity contribution >= 4 is 22.9 Å². The molecule has 0 aromatic heterocycles. The Morgan fingerprint density at radius 3 is 2.85 bits per heavy atom. The van der Waals surface area contributed by atoms with Crippen molar-refractivity contribution in [3.8, 4) is 0 Å². The Balaban J connectivity index is 1.83. The first-order valence-corrected chi connectivity index (χ1v) is 5.96. The van der Waals surface area contributed by atoms with Crippen LogP contribution < -0.4 is 5.32 Å². The fourth-order valence-corrected chi connectivity index (χ4v) is 3.63. The number of alkyl halides is 1. The molecule has 13 heavy (non-hydrogen) atoms. The van der Waals surface area contributed by atoms with Crippen molar-refractivity contribution in [3.05, 3.63) is 0 Å². The van der Waals surface area contributed by atoms with Crippen molar-refractivity contribution in [2.45, 2.75) is 50.5 Å². The van der Waals surface area contributed by atoms with E-state index >= 15 is 0 Å². The predicted molar refractivity (Wildman–Crippen MR) is 59.6 cm³/mol. The summed E-state index contributed by atoms with van der Waals surface area (Å²) in [6.45, 7) is 2.13. The highest BCUT2D eigenvalue weighted by Gasteiger charge is 2.44. The second-order valence-corrected chi connectivity index (χ2v) is 5.29. The largest absolute Gasteiger partial charge is 0.309 e. The van der Waals surface area contributed by atoms with E-state index < -0.39 is 6.17 Å². The Bertz CT molecular complexity index is 188. The molecule has 0 spiro atoms. The third-order valence-corrected chi connectivity index (χ3v) is 4.62. The van der Waals surface area contributed by atoms with Crippen LogP contribution in [0.4, 0.5) is 4.39 Å². The van der Waals surface area contributed by atoms with E-state index in [4.69, 9.17) is 0 Å². The van der Waals surface area contributed by atoms with Gasteiger partial charge in [-0.2, -0.15) is 0 Å². The number of rotatable bonds is 3. The third kappa shape index (κ3) is 1.99. The molecule has 2 aliphatic rings. The number of fused-ring (bicyclic) bond motifs is 2. The molecule has 0 amide bonds. The van der Waals surface area contributed by atoms with Crippen molar-refractivity contribution in [2.75, 3.05) is 6.54 Å². The molecular formula is C9H16FIN2. The van der Waals surface area contributed by atoms with Crippen molar-refractivity contribution in [1.29, 1.82) is 0 Å². The minimum Gasteiger partial charge on any atom is -0.309 e. The monoisotopic (exact) mass is 298 g/mol. The maximum Gasteiger partial charge on any atom is 0.110 e. The van der Waals surface area contributed by atoms with Crippen LogP contribution >= 0.6 is 22.9 Å². The zero-order valence-electron chi connectivity index (χ0n) is 7.84. The molecule has 76 valence electrons. The summed E-state index contributed by atoms with van der Waals surface area (Å²) in [7, 11) is 0. The molecule has 2 nitrogen and oxygen atoms in total. The zero-order chi connectivity index (χ0) is 9.42. The molecule has 0 saturated carbocycles. The number of nitrogens with one attached hydrogen (secondary N) is 1. The topological polar surface area (TPSA) is 15.3 Å². The van der Waals surface area contributed by atoms with Gasteiger partial charge in [0.15, 0.2) is 0 Å². The molecule has 2 saturated heterocycles. The van der Waals surface area contributed by atoms with Crippen LogP contribution in [0.15, 0.2) is 0 Å². The molecule has 0 aromatic rings. The molecule has 2 rings (SSSR count). The molecule has 2 aliphatic heterocycles. The smallest absolute Gasteiger partial charge is 0.110 e. The Kier molecular flexibility index (Phi) is 3.10. The highest BCUT2D eigenvalue weighted by Crippen LogP contribution is 2.40. The van der Waals surface area contributed by atoms with Crippen LogP contribution in [0.25, 0.3) is 0 Å². The lowest BCUT2D eigenvalue weighted by Gasteiger charge is -2.22. The normalized spacial score (nSPS) is 41.3. The van der Waals surface area contributed by atoms with Gasteiger partial charge in [-0.3, -0.25) is 0 Å². The van der Waals surface area contributed by atoms with Crippen molar-refractivity contribution < 1.29 is 4.39 Å². The first-order valence-electron chi connectivity index (χ1n) is 5.00. The quantitative estimate of drug-likeness (QED) is 0.632. The van der Waals surface area contributed by atoms with Crippen molar-refractivity contribution in [1.82, 2.24) is 8.43 Å². The van der Waals surface area contributed by atoms with Crippen LogP contribution in [-0.4, -0.2) is 34.0 Å². The van der Waals surface area contributed by atoms with Crippen molar-refractivity contribution in [2.24, 2.45) is 0 Å². The first-order chi connectivity index (χ1) is 6.18. The fraction of sp³-hybridized carbons (Fsp3) is 1.00. The average Bonchev–Trinajstić information content (AvgIpc) is 2.58. The standard InChI is InChI=1S/C9H16FIN2/c1-6(10)5-12-8-4-7-2-3-9(8)13(7)11/h6-9,12H,2-5H2,1H3/t6?,7-,8?,9+/m1/s1. The molecule has 2 fully saturated rings. The highest BCUT2D eigenvalue weighted by atomic mass is 127. The van der Waals surface area contributed by atoms with Gasteiger partial charge in [0.1, 0.15) is 6.17 Å². The van der Waals surface area contributed by atoms with Crippen LogP contribution in [0.2, 0.25) is 0 Å². The number of nitrogens with zero attached hydrogens (tertiary/aromatic N) is 1. The Hall–Kier alpha value is 0.580. The van der Waals surface area contributed by atoms with E-state index in [1.165, 1.54) is 19.3 Å². The van der Waals surface area contributed by atoms with Crippen LogP contribution in [0.1, 0.15) is 26.2 Å². The van der Waals surface area contributed by atoms with Crippen LogP contribution in [0.3, 0.4) is 0 Å². The molecule has 2 heterocycles. The van der Waals surface area contributed by atoms with Gasteiger partial charge in [0.25, 0.3) is 0 Å². The van der Waals surface area contributed by atoms with Gasteiger partial charge in [-0.1, -0.05) is 0 Å². The Morgan fingerprint density at radius 1 is 1.62 bits per heavy atom. The van der Waals surface area contributed by atoms with Gasteiger partial charge >= 0.3 is 0 Å². The Morgan fingerprint density at radius 2 is 2.38 bits per heavy atom. The zero-order valence-corrected chi connectivity index (χ0v) is 10.00. The number of halogens is 2. The maximum atomic E-state index is 12.6. The van der Waals surface area contributed by atoms with E-state index in [2.05, 4.69) is 31.3 Å². The van der Waals surface area contributed by atoms with E-state index in [1.807, 2.05) is 0 Å². The molecular weight excluding hydrogens is 282 g/mol. The summed E-state index contributed by atoms with van der Waals surface area (Å²) in [6, 6.07) is 1.94. The minimum absolute atomic E-state index is 0.512. The van der Waals surface area contributed by atoms with Gasteiger partial charge < -0.3 is 5.32 Å². The molecule has 0 radical (unpaired) electrons. The van der Waals surface area contributed by atoms with E-state index in [9.17, 15) is 4.39 Å². The molecule has 0 aliphatic carbocycles. The van der Waals surface area contributed by atoms with Crippen LogP contribution in [-0.2, 0) is 0 Å². The minimum atomic E-state index is -0.721. The Labute approximate surface area is 92.7 Å². The van der Waals surface area contributed by atoms with Gasteiger partial charge in [0.2, 0.25) is 0 Å². The summed E-state index contributed by atoms with van der Waals surface area (Å²) >= 11 is 2.42. The second kappa shape index (κ2) is 3.98. The lowest BCUT2D eigenvalue weighted by atomic mass is 9.95. The van der Waals surface area contributed by atoms with E-state index in [0.29, 0.717) is 18.6 Å². The summed E-state index contributed by atoms with van der Waals surface area (Å²) in [5.74, 6) is 0. The third-order valence-electron chi connectivity index (χ3n) is 3.11. The van der Waals surface area contributed by atoms with Gasteiger partial charge in [0, 0.05) is 47.5 Å². The van der Waals surface area contributed by atoms with Crippen LogP contribution in [0.5, 0.6) is 0 Å². The summed E-state index contributed by atoms with van der Waals surface area (Å²) < 4.78 is 15.0.